The van der Waals surface area contributed by atoms with Gasteiger partial charge in [-0.2, -0.15) is 0 Å². The van der Waals surface area contributed by atoms with Crippen molar-refractivity contribution in [3.63, 3.8) is 0 Å². The number of hydrogen-bond donors (Lipinski definition) is 1. The Morgan fingerprint density at radius 1 is 1.11 bits per heavy atom. The molecule has 0 saturated heterocycles. The molecular weight excluding hydrogens is 324 g/mol. The number of hydrogen-bond acceptors (Lipinski definition) is 5. The molecule has 0 fully saturated rings. The summed E-state index contributed by atoms with van der Waals surface area (Å²) in [5.41, 5.74) is 8.49. The topological polar surface area (TPSA) is 64.7 Å². The highest BCUT2D eigenvalue weighted by atomic mass is 79.9. The van der Waals surface area contributed by atoms with Crippen molar-refractivity contribution in [2.45, 2.75) is 0 Å². The van der Waals surface area contributed by atoms with Crippen molar-refractivity contribution in [1.82, 2.24) is 15.0 Å². The third-order valence-electron chi connectivity index (χ3n) is 2.54. The average Bonchev–Trinajstić information content (AvgIpc) is 2.82. The van der Waals surface area contributed by atoms with E-state index in [0.717, 1.165) is 26.4 Å². The summed E-state index contributed by atoms with van der Waals surface area (Å²) in [6, 6.07) is 9.61. The Labute approximate surface area is 122 Å². The summed E-state index contributed by atoms with van der Waals surface area (Å²) in [6.45, 7) is 0. The molecule has 0 spiro atoms. The molecule has 0 unspecified atom stereocenters. The second-order valence-electron chi connectivity index (χ2n) is 3.81. The predicted molar refractivity (Wildman–Crippen MR) is 80.7 cm³/mol. The molecule has 4 nitrogen and oxygen atoms in total. The monoisotopic (exact) mass is 332 g/mol. The zero-order valence-corrected chi connectivity index (χ0v) is 12.1. The van der Waals surface area contributed by atoms with Crippen LogP contribution in [0.4, 0.5) is 5.13 Å². The third-order valence-corrected chi connectivity index (χ3v) is 3.91. The van der Waals surface area contributed by atoms with Crippen molar-refractivity contribution in [2.24, 2.45) is 0 Å². The second-order valence-corrected chi connectivity index (χ2v) is 5.66. The molecule has 3 heterocycles. The molecule has 0 saturated carbocycles. The molecule has 0 radical (unpaired) electrons. The van der Waals surface area contributed by atoms with E-state index in [1.807, 2.05) is 30.3 Å². The van der Waals surface area contributed by atoms with Crippen LogP contribution in [0.1, 0.15) is 0 Å². The van der Waals surface area contributed by atoms with Crippen molar-refractivity contribution in [1.29, 1.82) is 0 Å². The van der Waals surface area contributed by atoms with Crippen molar-refractivity contribution in [2.75, 3.05) is 5.73 Å². The van der Waals surface area contributed by atoms with Crippen LogP contribution in [-0.4, -0.2) is 15.0 Å². The molecule has 0 aliphatic heterocycles. The van der Waals surface area contributed by atoms with E-state index in [1.54, 1.807) is 12.4 Å². The second kappa shape index (κ2) is 5.07. The molecule has 3 rings (SSSR count). The van der Waals surface area contributed by atoms with E-state index < -0.39 is 0 Å². The Bertz CT molecular complexity index is 712. The summed E-state index contributed by atoms with van der Waals surface area (Å²) in [4.78, 5) is 13.8. The number of thiazole rings is 1. The van der Waals surface area contributed by atoms with Crippen LogP contribution >= 0.6 is 27.3 Å². The molecule has 0 aliphatic carbocycles. The van der Waals surface area contributed by atoms with Gasteiger partial charge in [0.05, 0.1) is 10.6 Å². The molecule has 0 amide bonds. The highest BCUT2D eigenvalue weighted by molar-refractivity contribution is 9.10. The highest BCUT2D eigenvalue weighted by Crippen LogP contribution is 2.37. The van der Waals surface area contributed by atoms with E-state index in [9.17, 15) is 0 Å². The van der Waals surface area contributed by atoms with Gasteiger partial charge >= 0.3 is 0 Å². The average molecular weight is 333 g/mol. The SMILES string of the molecule is Nc1nc(-c2ccccn2)c(-c2ccnc(Br)c2)s1. The lowest BCUT2D eigenvalue weighted by Gasteiger charge is -2.02. The number of nitrogen functional groups attached to an aromatic ring is 1. The number of anilines is 1. The van der Waals surface area contributed by atoms with Gasteiger partial charge in [-0.25, -0.2) is 9.97 Å². The molecule has 0 aliphatic rings. The van der Waals surface area contributed by atoms with Gasteiger partial charge in [0, 0.05) is 12.4 Å². The van der Waals surface area contributed by atoms with Crippen molar-refractivity contribution in [3.05, 3.63) is 47.3 Å². The van der Waals surface area contributed by atoms with Crippen LogP contribution in [0.25, 0.3) is 21.8 Å². The van der Waals surface area contributed by atoms with E-state index in [0.29, 0.717) is 5.13 Å². The number of halogens is 1. The Morgan fingerprint density at radius 2 is 2.00 bits per heavy atom. The quantitative estimate of drug-likeness (QED) is 0.728. The Morgan fingerprint density at radius 3 is 2.74 bits per heavy atom. The van der Waals surface area contributed by atoms with Gasteiger partial charge < -0.3 is 5.73 Å². The number of aromatic nitrogens is 3. The number of pyridine rings is 2. The van der Waals surface area contributed by atoms with Crippen LogP contribution < -0.4 is 5.73 Å². The molecule has 0 atom stereocenters. The van der Waals surface area contributed by atoms with Gasteiger partial charge in [-0.3, -0.25) is 4.98 Å². The van der Waals surface area contributed by atoms with Crippen LogP contribution in [0.15, 0.2) is 47.3 Å². The maximum absolute atomic E-state index is 5.84. The fraction of sp³-hybridized carbons (Fsp3) is 0. The minimum absolute atomic E-state index is 0.531. The maximum Gasteiger partial charge on any atom is 0.181 e. The number of rotatable bonds is 2. The Hall–Kier alpha value is -1.79. The fourth-order valence-corrected chi connectivity index (χ4v) is 2.96. The van der Waals surface area contributed by atoms with Crippen molar-refractivity contribution < 1.29 is 0 Å². The summed E-state index contributed by atoms with van der Waals surface area (Å²) in [5, 5.41) is 0.531. The number of nitrogens with two attached hydrogens (primary N) is 1. The molecular formula is C13H9BrN4S. The van der Waals surface area contributed by atoms with E-state index in [4.69, 9.17) is 5.73 Å². The lowest BCUT2D eigenvalue weighted by molar-refractivity contribution is 1.27. The summed E-state index contributed by atoms with van der Waals surface area (Å²) >= 11 is 4.82. The van der Waals surface area contributed by atoms with Crippen molar-refractivity contribution >= 4 is 32.4 Å². The molecule has 94 valence electrons. The summed E-state index contributed by atoms with van der Waals surface area (Å²) in [7, 11) is 0. The van der Waals surface area contributed by atoms with E-state index >= 15 is 0 Å². The smallest absolute Gasteiger partial charge is 0.181 e. The minimum atomic E-state index is 0.531. The van der Waals surface area contributed by atoms with Crippen LogP contribution in [0.3, 0.4) is 0 Å². The summed E-state index contributed by atoms with van der Waals surface area (Å²) in [5.74, 6) is 0. The van der Waals surface area contributed by atoms with Gasteiger partial charge in [0.1, 0.15) is 10.3 Å². The lowest BCUT2D eigenvalue weighted by atomic mass is 10.1. The van der Waals surface area contributed by atoms with Gasteiger partial charge in [-0.1, -0.05) is 17.4 Å². The van der Waals surface area contributed by atoms with E-state index in [1.165, 1.54) is 11.3 Å². The Balaban J connectivity index is 2.18. The molecule has 19 heavy (non-hydrogen) atoms. The van der Waals surface area contributed by atoms with E-state index in [-0.39, 0.29) is 0 Å². The van der Waals surface area contributed by atoms with Gasteiger partial charge in [0.15, 0.2) is 5.13 Å². The van der Waals surface area contributed by atoms with Gasteiger partial charge in [-0.15, -0.1) is 0 Å². The standard InChI is InChI=1S/C13H9BrN4S/c14-10-7-8(4-6-17-10)12-11(18-13(15)19-12)9-3-1-2-5-16-9/h1-7H,(H2,15,18). The van der Waals surface area contributed by atoms with Gasteiger partial charge in [-0.05, 0) is 45.8 Å². The summed E-state index contributed by atoms with van der Waals surface area (Å²) in [6.07, 6.45) is 3.49. The highest BCUT2D eigenvalue weighted by Gasteiger charge is 2.14. The first kappa shape index (κ1) is 12.3. The first-order valence-corrected chi connectivity index (χ1v) is 7.14. The van der Waals surface area contributed by atoms with Crippen LogP contribution in [0.2, 0.25) is 0 Å². The number of nitrogens with zero attached hydrogens (tertiary/aromatic N) is 3. The zero-order chi connectivity index (χ0) is 13.2. The Kier molecular flexibility index (Phi) is 3.27. The minimum Gasteiger partial charge on any atom is -0.375 e. The molecule has 3 aromatic rings. The predicted octanol–water partition coefficient (Wildman–Crippen LogP) is 3.61. The van der Waals surface area contributed by atoms with Crippen LogP contribution in [0.5, 0.6) is 0 Å². The molecule has 6 heteroatoms. The van der Waals surface area contributed by atoms with Crippen LogP contribution in [-0.2, 0) is 0 Å². The normalized spacial score (nSPS) is 10.6. The maximum atomic E-state index is 5.84. The zero-order valence-electron chi connectivity index (χ0n) is 9.75. The molecule has 3 aromatic heterocycles. The van der Waals surface area contributed by atoms with E-state index in [2.05, 4.69) is 30.9 Å². The first-order chi connectivity index (χ1) is 9.24. The van der Waals surface area contributed by atoms with Gasteiger partial charge in [0.25, 0.3) is 0 Å². The molecule has 2 N–H and O–H groups in total. The lowest BCUT2D eigenvalue weighted by Crippen LogP contribution is -1.87. The first-order valence-electron chi connectivity index (χ1n) is 5.53. The van der Waals surface area contributed by atoms with Crippen molar-refractivity contribution in [3.8, 4) is 21.8 Å². The fourth-order valence-electron chi connectivity index (χ4n) is 1.75. The van der Waals surface area contributed by atoms with Crippen LogP contribution in [0, 0.1) is 0 Å². The largest absolute Gasteiger partial charge is 0.375 e. The third kappa shape index (κ3) is 2.50. The summed E-state index contributed by atoms with van der Waals surface area (Å²) < 4.78 is 0.781. The molecule has 0 aromatic carbocycles. The molecule has 0 bridgehead atoms. The van der Waals surface area contributed by atoms with Gasteiger partial charge in [0.2, 0.25) is 0 Å².